The number of nitrogen functional groups attached to an aromatic ring is 1. The van der Waals surface area contributed by atoms with Gasteiger partial charge in [0.15, 0.2) is 11.6 Å². The van der Waals surface area contributed by atoms with Gasteiger partial charge in [-0.3, -0.25) is 0 Å². The number of halogens is 2. The van der Waals surface area contributed by atoms with Crippen molar-refractivity contribution in [1.29, 1.82) is 0 Å². The van der Waals surface area contributed by atoms with Crippen molar-refractivity contribution in [3.8, 4) is 0 Å². The number of rotatable bonds is 2. The minimum Gasteiger partial charge on any atom is -0.381 e. The van der Waals surface area contributed by atoms with E-state index in [0.29, 0.717) is 16.7 Å². The number of aromatic nitrogens is 2. The predicted octanol–water partition coefficient (Wildman–Crippen LogP) is 4.37. The van der Waals surface area contributed by atoms with Gasteiger partial charge in [0, 0.05) is 4.47 Å². The Kier molecular flexibility index (Phi) is 3.46. The molecule has 0 aliphatic carbocycles. The lowest BCUT2D eigenvalue weighted by atomic mass is 10.3. The smallest absolute Gasteiger partial charge is 0.174 e. The van der Waals surface area contributed by atoms with Crippen molar-refractivity contribution in [2.45, 2.75) is 0 Å². The van der Waals surface area contributed by atoms with Crippen LogP contribution in [0.3, 0.4) is 0 Å². The van der Waals surface area contributed by atoms with Gasteiger partial charge in [-0.25, -0.2) is 9.97 Å². The molecule has 0 fully saturated rings. The zero-order valence-corrected chi connectivity index (χ0v) is 12.6. The number of nitrogens with one attached hydrogen (secondary N) is 1. The third-order valence-electron chi connectivity index (χ3n) is 2.78. The topological polar surface area (TPSA) is 63.8 Å². The van der Waals surface area contributed by atoms with Gasteiger partial charge in [0.1, 0.15) is 0 Å². The molecular formula is C14H10BrClN4. The van der Waals surface area contributed by atoms with E-state index in [0.717, 1.165) is 21.2 Å². The second-order valence-electron chi connectivity index (χ2n) is 4.20. The average molecular weight is 350 g/mol. The summed E-state index contributed by atoms with van der Waals surface area (Å²) in [5, 5.41) is 3.70. The number of fused-ring (bicyclic) bond motifs is 1. The predicted molar refractivity (Wildman–Crippen MR) is 86.4 cm³/mol. The molecule has 3 rings (SSSR count). The van der Waals surface area contributed by atoms with Crippen LogP contribution in [-0.4, -0.2) is 9.97 Å². The zero-order chi connectivity index (χ0) is 14.1. The fourth-order valence-corrected chi connectivity index (χ4v) is 2.35. The molecule has 20 heavy (non-hydrogen) atoms. The number of nitrogens with zero attached hydrogens (tertiary/aromatic N) is 2. The highest BCUT2D eigenvalue weighted by molar-refractivity contribution is 9.10. The molecule has 4 nitrogen and oxygen atoms in total. The van der Waals surface area contributed by atoms with Gasteiger partial charge >= 0.3 is 0 Å². The van der Waals surface area contributed by atoms with Gasteiger partial charge in [-0.05, 0) is 30.3 Å². The third-order valence-corrected chi connectivity index (χ3v) is 3.60. The molecular weight excluding hydrogens is 340 g/mol. The summed E-state index contributed by atoms with van der Waals surface area (Å²) >= 11 is 9.55. The molecule has 0 saturated heterocycles. The summed E-state index contributed by atoms with van der Waals surface area (Å²) in [6.07, 6.45) is 0. The van der Waals surface area contributed by atoms with Crippen molar-refractivity contribution in [1.82, 2.24) is 9.97 Å². The summed E-state index contributed by atoms with van der Waals surface area (Å²) in [6.45, 7) is 0. The van der Waals surface area contributed by atoms with Gasteiger partial charge in [-0.1, -0.05) is 39.7 Å². The van der Waals surface area contributed by atoms with Crippen LogP contribution >= 0.6 is 27.5 Å². The monoisotopic (exact) mass is 348 g/mol. The third kappa shape index (κ3) is 2.55. The fraction of sp³-hybridized carbons (Fsp3) is 0. The van der Waals surface area contributed by atoms with Crippen LogP contribution in [0, 0.1) is 0 Å². The van der Waals surface area contributed by atoms with Crippen LogP contribution in [0.4, 0.5) is 17.3 Å². The molecule has 0 radical (unpaired) electrons. The molecule has 0 spiro atoms. The highest BCUT2D eigenvalue weighted by Crippen LogP contribution is 2.30. The Morgan fingerprint density at radius 2 is 1.75 bits per heavy atom. The first-order valence-electron chi connectivity index (χ1n) is 5.88. The normalized spacial score (nSPS) is 10.7. The molecule has 6 heteroatoms. The second-order valence-corrected chi connectivity index (χ2v) is 5.52. The van der Waals surface area contributed by atoms with Crippen molar-refractivity contribution in [2.75, 3.05) is 11.1 Å². The molecule has 1 heterocycles. The molecule has 0 saturated carbocycles. The van der Waals surface area contributed by atoms with E-state index in [9.17, 15) is 0 Å². The Morgan fingerprint density at radius 3 is 2.50 bits per heavy atom. The molecule has 100 valence electrons. The van der Waals surface area contributed by atoms with Crippen LogP contribution in [0.1, 0.15) is 0 Å². The van der Waals surface area contributed by atoms with E-state index in [1.165, 1.54) is 0 Å². The quantitative estimate of drug-likeness (QED) is 0.721. The molecule has 3 aromatic rings. The van der Waals surface area contributed by atoms with Crippen molar-refractivity contribution in [3.63, 3.8) is 0 Å². The number of para-hydroxylation sites is 2. The van der Waals surface area contributed by atoms with Gasteiger partial charge < -0.3 is 11.1 Å². The number of hydrogen-bond donors (Lipinski definition) is 2. The lowest BCUT2D eigenvalue weighted by Crippen LogP contribution is -2.02. The summed E-state index contributed by atoms with van der Waals surface area (Å²) in [5.74, 6) is 0.823. The van der Waals surface area contributed by atoms with E-state index in [2.05, 4.69) is 31.2 Å². The maximum atomic E-state index is 6.14. The van der Waals surface area contributed by atoms with E-state index in [-0.39, 0.29) is 0 Å². The zero-order valence-electron chi connectivity index (χ0n) is 10.3. The van der Waals surface area contributed by atoms with Crippen LogP contribution in [0.25, 0.3) is 11.0 Å². The summed E-state index contributed by atoms with van der Waals surface area (Å²) in [4.78, 5) is 8.79. The Bertz CT molecular complexity index is 791. The Morgan fingerprint density at radius 1 is 1.05 bits per heavy atom. The average Bonchev–Trinajstić information content (AvgIpc) is 2.43. The molecule has 0 amide bonds. The minimum atomic E-state index is 0.333. The van der Waals surface area contributed by atoms with Gasteiger partial charge in [0.05, 0.1) is 21.7 Å². The molecule has 0 atom stereocenters. The maximum absolute atomic E-state index is 6.14. The summed E-state index contributed by atoms with van der Waals surface area (Å²) < 4.78 is 0.914. The lowest BCUT2D eigenvalue weighted by Gasteiger charge is -2.10. The van der Waals surface area contributed by atoms with Crippen molar-refractivity contribution in [3.05, 3.63) is 52.0 Å². The van der Waals surface area contributed by atoms with Crippen molar-refractivity contribution >= 4 is 55.9 Å². The van der Waals surface area contributed by atoms with E-state index in [1.807, 2.05) is 36.4 Å². The number of benzene rings is 2. The molecule has 3 N–H and O–H groups in total. The molecule has 0 aliphatic rings. The van der Waals surface area contributed by atoms with Crippen LogP contribution in [0.15, 0.2) is 46.9 Å². The van der Waals surface area contributed by atoms with Gasteiger partial charge in [0.2, 0.25) is 0 Å². The van der Waals surface area contributed by atoms with Crippen LogP contribution in [-0.2, 0) is 0 Å². The van der Waals surface area contributed by atoms with Gasteiger partial charge in [0.25, 0.3) is 0 Å². The van der Waals surface area contributed by atoms with Gasteiger partial charge in [-0.2, -0.15) is 0 Å². The lowest BCUT2D eigenvalue weighted by molar-refractivity contribution is 1.29. The molecule has 0 aliphatic heterocycles. The summed E-state index contributed by atoms with van der Waals surface area (Å²) in [6, 6.07) is 13.1. The van der Waals surface area contributed by atoms with E-state index in [1.54, 1.807) is 6.07 Å². The summed E-state index contributed by atoms with van der Waals surface area (Å²) in [7, 11) is 0. The van der Waals surface area contributed by atoms with Crippen LogP contribution in [0.2, 0.25) is 5.02 Å². The van der Waals surface area contributed by atoms with E-state index in [4.69, 9.17) is 17.3 Å². The maximum Gasteiger partial charge on any atom is 0.174 e. The Hall–Kier alpha value is -1.85. The minimum absolute atomic E-state index is 0.333. The number of nitrogens with two attached hydrogens (primary N) is 1. The molecule has 1 aromatic heterocycles. The first-order valence-corrected chi connectivity index (χ1v) is 7.05. The number of hydrogen-bond acceptors (Lipinski definition) is 4. The fourth-order valence-electron chi connectivity index (χ4n) is 1.83. The van der Waals surface area contributed by atoms with Crippen LogP contribution in [0.5, 0.6) is 0 Å². The SMILES string of the molecule is Nc1nc2ccccc2nc1Nc1cc(Br)ccc1Cl. The molecule has 0 bridgehead atoms. The van der Waals surface area contributed by atoms with E-state index >= 15 is 0 Å². The second kappa shape index (κ2) is 5.26. The Labute approximate surface area is 129 Å². The van der Waals surface area contributed by atoms with Gasteiger partial charge in [-0.15, -0.1) is 0 Å². The first-order chi connectivity index (χ1) is 9.63. The van der Waals surface area contributed by atoms with Crippen LogP contribution < -0.4 is 11.1 Å². The van der Waals surface area contributed by atoms with E-state index < -0.39 is 0 Å². The highest BCUT2D eigenvalue weighted by Gasteiger charge is 2.08. The number of anilines is 3. The molecule has 2 aromatic carbocycles. The molecule has 0 unspecified atom stereocenters. The highest BCUT2D eigenvalue weighted by atomic mass is 79.9. The van der Waals surface area contributed by atoms with Crippen molar-refractivity contribution < 1.29 is 0 Å². The largest absolute Gasteiger partial charge is 0.381 e. The first kappa shape index (κ1) is 13.1. The standard InChI is InChI=1S/C14H10BrClN4/c15-8-5-6-9(16)12(7-8)20-14-13(17)18-10-3-1-2-4-11(10)19-14/h1-7H,(H2,17,18)(H,19,20). The summed E-state index contributed by atoms with van der Waals surface area (Å²) in [5.41, 5.74) is 8.18. The Balaban J connectivity index is 2.06. The van der Waals surface area contributed by atoms with Crippen molar-refractivity contribution in [2.24, 2.45) is 0 Å².